The van der Waals surface area contributed by atoms with Gasteiger partial charge < -0.3 is 4.74 Å². The van der Waals surface area contributed by atoms with E-state index in [1.54, 1.807) is 29.0 Å². The van der Waals surface area contributed by atoms with Crippen LogP contribution in [0.2, 0.25) is 0 Å². The van der Waals surface area contributed by atoms with E-state index in [2.05, 4.69) is 14.8 Å². The molecular weight excluding hydrogens is 242 g/mol. The van der Waals surface area contributed by atoms with Crippen LogP contribution in [-0.4, -0.2) is 27.7 Å². The van der Waals surface area contributed by atoms with Crippen molar-refractivity contribution < 1.29 is 9.53 Å². The quantitative estimate of drug-likeness (QED) is 0.657. The maximum atomic E-state index is 11.4. The van der Waals surface area contributed by atoms with Gasteiger partial charge >= 0.3 is 5.97 Å². The van der Waals surface area contributed by atoms with Crippen molar-refractivity contribution in [3.8, 4) is 11.3 Å². The van der Waals surface area contributed by atoms with Gasteiger partial charge in [0.1, 0.15) is 0 Å². The van der Waals surface area contributed by atoms with Gasteiger partial charge in [-0.25, -0.2) is 14.3 Å². The monoisotopic (exact) mass is 253 g/mol. The first kappa shape index (κ1) is 11.4. The fourth-order valence-corrected chi connectivity index (χ4v) is 1.86. The van der Waals surface area contributed by atoms with Gasteiger partial charge in [0.15, 0.2) is 5.65 Å². The van der Waals surface area contributed by atoms with Gasteiger partial charge in [0.05, 0.1) is 18.4 Å². The Bertz CT molecular complexity index is 732. The van der Waals surface area contributed by atoms with Crippen LogP contribution >= 0.6 is 0 Å². The molecular formula is C14H11N3O2. The summed E-state index contributed by atoms with van der Waals surface area (Å²) in [5.41, 5.74) is 3.08. The molecule has 5 heteroatoms. The Balaban J connectivity index is 1.99. The molecule has 0 amide bonds. The number of methoxy groups -OCH3 is 1. The van der Waals surface area contributed by atoms with Gasteiger partial charge in [0.25, 0.3) is 0 Å². The first-order chi connectivity index (χ1) is 9.28. The summed E-state index contributed by atoms with van der Waals surface area (Å²) < 4.78 is 6.37. The number of hydrogen-bond donors (Lipinski definition) is 0. The number of fused-ring (bicyclic) bond motifs is 1. The van der Waals surface area contributed by atoms with Crippen molar-refractivity contribution in [2.45, 2.75) is 0 Å². The number of ether oxygens (including phenoxy) is 1. The molecule has 0 aliphatic heterocycles. The van der Waals surface area contributed by atoms with Gasteiger partial charge in [-0.05, 0) is 24.3 Å². The maximum Gasteiger partial charge on any atom is 0.337 e. The van der Waals surface area contributed by atoms with Gasteiger partial charge in [-0.1, -0.05) is 12.1 Å². The second-order valence-corrected chi connectivity index (χ2v) is 4.02. The van der Waals surface area contributed by atoms with Crippen LogP contribution in [0.15, 0.2) is 48.8 Å². The standard InChI is InChI=1S/C14H11N3O2/c1-19-14(18)11-4-2-10(3-5-11)12-6-7-13-15-8-9-17(13)16-12/h2-9H,1H3. The molecule has 0 saturated heterocycles. The van der Waals surface area contributed by atoms with E-state index in [1.165, 1.54) is 7.11 Å². The van der Waals surface area contributed by atoms with E-state index in [9.17, 15) is 4.79 Å². The molecule has 2 aromatic heterocycles. The third-order valence-electron chi connectivity index (χ3n) is 2.86. The number of hydrogen-bond acceptors (Lipinski definition) is 4. The van der Waals surface area contributed by atoms with E-state index in [4.69, 9.17) is 0 Å². The number of rotatable bonds is 2. The second kappa shape index (κ2) is 4.53. The molecule has 0 bridgehead atoms. The van der Waals surface area contributed by atoms with Gasteiger partial charge in [-0.15, -0.1) is 0 Å². The number of carbonyl (C=O) groups is 1. The van der Waals surface area contributed by atoms with Crippen molar-refractivity contribution in [1.82, 2.24) is 14.6 Å². The molecule has 0 aliphatic carbocycles. The Kier molecular flexibility index (Phi) is 2.72. The lowest BCUT2D eigenvalue weighted by Gasteiger charge is -2.03. The number of imidazole rings is 1. The minimum atomic E-state index is -0.343. The minimum absolute atomic E-state index is 0.343. The second-order valence-electron chi connectivity index (χ2n) is 4.02. The zero-order valence-electron chi connectivity index (χ0n) is 10.3. The molecule has 0 atom stereocenters. The molecule has 19 heavy (non-hydrogen) atoms. The van der Waals surface area contributed by atoms with Crippen LogP contribution in [0.5, 0.6) is 0 Å². The highest BCUT2D eigenvalue weighted by Crippen LogP contribution is 2.18. The average molecular weight is 253 g/mol. The van der Waals surface area contributed by atoms with E-state index in [1.807, 2.05) is 24.3 Å². The molecule has 0 unspecified atom stereocenters. The Hall–Kier alpha value is -2.69. The Labute approximate surface area is 109 Å². The molecule has 3 rings (SSSR count). The van der Waals surface area contributed by atoms with E-state index in [0.29, 0.717) is 5.56 Å². The van der Waals surface area contributed by atoms with Crippen LogP contribution in [0, 0.1) is 0 Å². The molecule has 0 N–H and O–H groups in total. The maximum absolute atomic E-state index is 11.4. The van der Waals surface area contributed by atoms with Gasteiger partial charge in [-0.2, -0.15) is 5.10 Å². The predicted molar refractivity (Wildman–Crippen MR) is 69.8 cm³/mol. The topological polar surface area (TPSA) is 56.5 Å². The lowest BCUT2D eigenvalue weighted by Crippen LogP contribution is -2.00. The fourth-order valence-electron chi connectivity index (χ4n) is 1.86. The zero-order valence-corrected chi connectivity index (χ0v) is 10.3. The van der Waals surface area contributed by atoms with Crippen LogP contribution in [-0.2, 0) is 4.74 Å². The van der Waals surface area contributed by atoms with E-state index >= 15 is 0 Å². The Morgan fingerprint density at radius 1 is 1.16 bits per heavy atom. The smallest absolute Gasteiger partial charge is 0.337 e. The highest BCUT2D eigenvalue weighted by atomic mass is 16.5. The lowest BCUT2D eigenvalue weighted by molar-refractivity contribution is 0.0601. The van der Waals surface area contributed by atoms with Crippen molar-refractivity contribution in [1.29, 1.82) is 0 Å². The highest BCUT2D eigenvalue weighted by Gasteiger charge is 2.06. The number of esters is 1. The fraction of sp³-hybridized carbons (Fsp3) is 0.0714. The van der Waals surface area contributed by atoms with Gasteiger partial charge in [0.2, 0.25) is 0 Å². The summed E-state index contributed by atoms with van der Waals surface area (Å²) >= 11 is 0. The summed E-state index contributed by atoms with van der Waals surface area (Å²) in [6, 6.07) is 10.9. The number of benzene rings is 1. The highest BCUT2D eigenvalue weighted by molar-refractivity contribution is 5.89. The summed E-state index contributed by atoms with van der Waals surface area (Å²) in [7, 11) is 1.37. The summed E-state index contributed by atoms with van der Waals surface area (Å²) in [4.78, 5) is 15.5. The van der Waals surface area contributed by atoms with Crippen molar-refractivity contribution in [2.24, 2.45) is 0 Å². The van der Waals surface area contributed by atoms with Crippen molar-refractivity contribution >= 4 is 11.6 Å². The predicted octanol–water partition coefficient (Wildman–Crippen LogP) is 2.18. The van der Waals surface area contributed by atoms with Crippen molar-refractivity contribution in [2.75, 3.05) is 7.11 Å². The molecule has 1 aromatic carbocycles. The molecule has 0 aliphatic rings. The van der Waals surface area contributed by atoms with Crippen molar-refractivity contribution in [3.05, 3.63) is 54.4 Å². The normalized spacial score (nSPS) is 10.6. The van der Waals surface area contributed by atoms with Gasteiger partial charge in [-0.3, -0.25) is 0 Å². The van der Waals surface area contributed by atoms with Crippen LogP contribution in [0.3, 0.4) is 0 Å². The summed E-state index contributed by atoms with van der Waals surface area (Å²) in [6.07, 6.45) is 3.49. The number of carbonyl (C=O) groups excluding carboxylic acids is 1. The minimum Gasteiger partial charge on any atom is -0.465 e. The largest absolute Gasteiger partial charge is 0.465 e. The van der Waals surface area contributed by atoms with Crippen LogP contribution in [0.1, 0.15) is 10.4 Å². The van der Waals surface area contributed by atoms with Crippen LogP contribution in [0.4, 0.5) is 0 Å². The molecule has 94 valence electrons. The third-order valence-corrected chi connectivity index (χ3v) is 2.86. The molecule has 0 fully saturated rings. The summed E-state index contributed by atoms with van der Waals surface area (Å²) in [6.45, 7) is 0. The average Bonchev–Trinajstić information content (AvgIpc) is 2.94. The molecule has 3 aromatic rings. The molecule has 0 saturated carbocycles. The SMILES string of the molecule is COC(=O)c1ccc(-c2ccc3nccn3n2)cc1. The van der Waals surface area contributed by atoms with E-state index < -0.39 is 0 Å². The van der Waals surface area contributed by atoms with Crippen LogP contribution < -0.4 is 0 Å². The molecule has 2 heterocycles. The van der Waals surface area contributed by atoms with Crippen LogP contribution in [0.25, 0.3) is 16.9 Å². The molecule has 5 nitrogen and oxygen atoms in total. The first-order valence-corrected chi connectivity index (χ1v) is 5.77. The molecule has 0 radical (unpaired) electrons. The molecule has 0 spiro atoms. The number of nitrogens with zero attached hydrogens (tertiary/aromatic N) is 3. The Morgan fingerprint density at radius 3 is 2.68 bits per heavy atom. The zero-order chi connectivity index (χ0) is 13.2. The van der Waals surface area contributed by atoms with E-state index in [-0.39, 0.29) is 5.97 Å². The lowest BCUT2D eigenvalue weighted by atomic mass is 10.1. The Morgan fingerprint density at radius 2 is 1.95 bits per heavy atom. The summed E-state index contributed by atoms with van der Waals surface area (Å²) in [5, 5.41) is 4.44. The van der Waals surface area contributed by atoms with Gasteiger partial charge in [0, 0.05) is 18.0 Å². The summed E-state index contributed by atoms with van der Waals surface area (Å²) in [5.74, 6) is -0.343. The number of aromatic nitrogens is 3. The van der Waals surface area contributed by atoms with Crippen molar-refractivity contribution in [3.63, 3.8) is 0 Å². The third kappa shape index (κ3) is 2.06. The first-order valence-electron chi connectivity index (χ1n) is 5.77. The van der Waals surface area contributed by atoms with E-state index in [0.717, 1.165) is 16.9 Å².